The van der Waals surface area contributed by atoms with E-state index >= 15 is 0 Å². The van der Waals surface area contributed by atoms with Crippen LogP contribution in [-0.4, -0.2) is 37.4 Å². The summed E-state index contributed by atoms with van der Waals surface area (Å²) >= 11 is 0. The van der Waals surface area contributed by atoms with Gasteiger partial charge in [-0.3, -0.25) is 0 Å². The summed E-state index contributed by atoms with van der Waals surface area (Å²) in [5.74, 6) is 0. The van der Waals surface area contributed by atoms with Crippen LogP contribution < -0.4 is 5.73 Å². The first-order valence-corrected chi connectivity index (χ1v) is 5.96. The van der Waals surface area contributed by atoms with Crippen molar-refractivity contribution in [1.82, 2.24) is 0 Å². The van der Waals surface area contributed by atoms with Gasteiger partial charge in [0.2, 0.25) is 0 Å². The molecule has 0 rings (SSSR count). The highest BCUT2D eigenvalue weighted by molar-refractivity contribution is 6.36. The molecule has 0 aromatic carbocycles. The largest absolute Gasteiger partial charge is 0.483 e. The van der Waals surface area contributed by atoms with Crippen LogP contribution in [0.3, 0.4) is 0 Å². The van der Waals surface area contributed by atoms with E-state index in [0.29, 0.717) is 0 Å². The molecule has 13 heavy (non-hydrogen) atoms. The van der Waals surface area contributed by atoms with E-state index in [2.05, 4.69) is 6.92 Å². The van der Waals surface area contributed by atoms with E-state index in [1.165, 1.54) is 19.3 Å². The van der Waals surface area contributed by atoms with E-state index in [4.69, 9.17) is 19.0 Å². The standard InChI is InChI=1S/C5H13N.C3H10O3Si/c1-2-3-4-5-6;1-4-7(5-2)6-3/h2-6H2,1H3;7H,1-3H3. The maximum atomic E-state index is 5.21. The van der Waals surface area contributed by atoms with Crippen molar-refractivity contribution in [2.75, 3.05) is 27.9 Å². The second-order valence-electron chi connectivity index (χ2n) is 2.49. The van der Waals surface area contributed by atoms with Gasteiger partial charge in [-0.05, 0) is 13.0 Å². The van der Waals surface area contributed by atoms with Crippen LogP contribution in [0.15, 0.2) is 0 Å². The Kier molecular flexibility index (Phi) is 17.4. The molecule has 0 atom stereocenters. The number of hydrogen-bond acceptors (Lipinski definition) is 4. The fraction of sp³-hybridized carbons (Fsp3) is 1.00. The van der Waals surface area contributed by atoms with E-state index in [0.717, 1.165) is 6.54 Å². The van der Waals surface area contributed by atoms with Crippen LogP contribution in [0.2, 0.25) is 0 Å². The van der Waals surface area contributed by atoms with E-state index < -0.39 is 9.53 Å². The van der Waals surface area contributed by atoms with Crippen LogP contribution in [0.25, 0.3) is 0 Å². The molecule has 2 N–H and O–H groups in total. The molecule has 0 aliphatic heterocycles. The molecular weight excluding hydrogens is 186 g/mol. The maximum Gasteiger partial charge on any atom is 0.483 e. The number of hydrogen-bond donors (Lipinski definition) is 1. The molecular formula is C8H23NO3Si. The number of unbranched alkanes of at least 4 members (excludes halogenated alkanes) is 2. The summed E-state index contributed by atoms with van der Waals surface area (Å²) in [5, 5.41) is 0. The minimum absolute atomic E-state index is 0.855. The Balaban J connectivity index is 0. The van der Waals surface area contributed by atoms with Crippen molar-refractivity contribution < 1.29 is 13.3 Å². The molecule has 0 aromatic heterocycles. The Morgan fingerprint density at radius 1 is 1.00 bits per heavy atom. The lowest BCUT2D eigenvalue weighted by molar-refractivity contribution is 0.163. The van der Waals surface area contributed by atoms with Crippen LogP contribution >= 0.6 is 0 Å². The van der Waals surface area contributed by atoms with Crippen molar-refractivity contribution in [3.63, 3.8) is 0 Å². The van der Waals surface area contributed by atoms with Crippen LogP contribution in [0.4, 0.5) is 0 Å². The van der Waals surface area contributed by atoms with Gasteiger partial charge in [-0.1, -0.05) is 19.8 Å². The molecule has 0 fully saturated rings. The first-order chi connectivity index (χ1) is 6.26. The predicted octanol–water partition coefficient (Wildman–Crippen LogP) is 0.778. The van der Waals surface area contributed by atoms with Gasteiger partial charge in [0.05, 0.1) is 0 Å². The molecule has 0 saturated carbocycles. The third kappa shape index (κ3) is 14.9. The number of rotatable bonds is 6. The molecule has 82 valence electrons. The van der Waals surface area contributed by atoms with Gasteiger partial charge in [0.15, 0.2) is 0 Å². The van der Waals surface area contributed by atoms with Crippen LogP contribution in [0.5, 0.6) is 0 Å². The summed E-state index contributed by atoms with van der Waals surface area (Å²) < 4.78 is 14.2. The lowest BCUT2D eigenvalue weighted by Crippen LogP contribution is -2.21. The van der Waals surface area contributed by atoms with Gasteiger partial charge in [-0.2, -0.15) is 0 Å². The van der Waals surface area contributed by atoms with Gasteiger partial charge in [0.1, 0.15) is 0 Å². The lowest BCUT2D eigenvalue weighted by atomic mass is 10.3. The lowest BCUT2D eigenvalue weighted by Gasteiger charge is -2.05. The zero-order valence-corrected chi connectivity index (χ0v) is 10.4. The minimum atomic E-state index is -1.67. The molecule has 0 aromatic rings. The fourth-order valence-electron chi connectivity index (χ4n) is 0.683. The van der Waals surface area contributed by atoms with Gasteiger partial charge in [0, 0.05) is 21.3 Å². The average molecular weight is 209 g/mol. The topological polar surface area (TPSA) is 53.7 Å². The molecule has 0 heterocycles. The van der Waals surface area contributed by atoms with E-state index in [9.17, 15) is 0 Å². The summed E-state index contributed by atoms with van der Waals surface area (Å²) in [4.78, 5) is 0. The molecule has 0 bridgehead atoms. The van der Waals surface area contributed by atoms with Crippen molar-refractivity contribution in [3.8, 4) is 0 Å². The predicted molar refractivity (Wildman–Crippen MR) is 56.8 cm³/mol. The molecule has 0 unspecified atom stereocenters. The smallest absolute Gasteiger partial charge is 0.379 e. The van der Waals surface area contributed by atoms with E-state index in [-0.39, 0.29) is 0 Å². The Bertz CT molecular complexity index is 72.3. The average Bonchev–Trinajstić information content (AvgIpc) is 2.18. The van der Waals surface area contributed by atoms with Crippen LogP contribution in [0, 0.1) is 0 Å². The van der Waals surface area contributed by atoms with Crippen molar-refractivity contribution in [3.05, 3.63) is 0 Å². The molecule has 0 amide bonds. The highest BCUT2D eigenvalue weighted by Crippen LogP contribution is 1.88. The summed E-state index contributed by atoms with van der Waals surface area (Å²) in [6, 6.07) is 0. The summed E-state index contributed by atoms with van der Waals surface area (Å²) in [7, 11) is 3.05. The monoisotopic (exact) mass is 209 g/mol. The third-order valence-corrected chi connectivity index (χ3v) is 2.54. The molecule has 0 aliphatic rings. The summed E-state index contributed by atoms with van der Waals surface area (Å²) in [5.41, 5.74) is 5.21. The SMILES string of the molecule is CCCCCN.CO[SiH](OC)OC. The molecule has 0 spiro atoms. The van der Waals surface area contributed by atoms with Crippen molar-refractivity contribution in [1.29, 1.82) is 0 Å². The van der Waals surface area contributed by atoms with Gasteiger partial charge in [0.25, 0.3) is 0 Å². The zero-order valence-electron chi connectivity index (χ0n) is 9.21. The zero-order chi connectivity index (χ0) is 10.5. The Hall–Kier alpha value is 0.0569. The highest BCUT2D eigenvalue weighted by Gasteiger charge is 2.04. The van der Waals surface area contributed by atoms with Gasteiger partial charge in [-0.15, -0.1) is 0 Å². The highest BCUT2D eigenvalue weighted by atomic mass is 28.3. The second-order valence-corrected chi connectivity index (χ2v) is 4.48. The quantitative estimate of drug-likeness (QED) is 0.519. The van der Waals surface area contributed by atoms with Gasteiger partial charge >= 0.3 is 9.53 Å². The Morgan fingerprint density at radius 3 is 1.54 bits per heavy atom. The maximum absolute atomic E-state index is 5.21. The summed E-state index contributed by atoms with van der Waals surface area (Å²) in [6.07, 6.45) is 3.75. The first-order valence-electron chi connectivity index (χ1n) is 4.55. The minimum Gasteiger partial charge on any atom is -0.379 e. The normalized spacial score (nSPS) is 9.69. The van der Waals surface area contributed by atoms with Crippen molar-refractivity contribution >= 4 is 9.53 Å². The molecule has 5 heteroatoms. The van der Waals surface area contributed by atoms with E-state index in [1.54, 1.807) is 21.3 Å². The Morgan fingerprint density at radius 2 is 1.46 bits per heavy atom. The van der Waals surface area contributed by atoms with Gasteiger partial charge < -0.3 is 19.0 Å². The van der Waals surface area contributed by atoms with Crippen molar-refractivity contribution in [2.24, 2.45) is 5.73 Å². The number of nitrogens with two attached hydrogens (primary N) is 1. The molecule has 0 saturated heterocycles. The molecule has 0 aliphatic carbocycles. The van der Waals surface area contributed by atoms with Crippen molar-refractivity contribution in [2.45, 2.75) is 26.2 Å². The second kappa shape index (κ2) is 14.6. The first kappa shape index (κ1) is 15.5. The molecule has 0 radical (unpaired) electrons. The Labute approximate surface area is 83.3 Å². The third-order valence-electron chi connectivity index (χ3n) is 1.39. The fourth-order valence-corrected chi connectivity index (χ4v) is 1.26. The van der Waals surface area contributed by atoms with E-state index in [1.807, 2.05) is 0 Å². The molecule has 4 nitrogen and oxygen atoms in total. The van der Waals surface area contributed by atoms with Crippen LogP contribution in [0.1, 0.15) is 26.2 Å². The summed E-state index contributed by atoms with van der Waals surface area (Å²) in [6.45, 7) is 3.03. The van der Waals surface area contributed by atoms with Gasteiger partial charge in [-0.25, -0.2) is 0 Å². The van der Waals surface area contributed by atoms with Crippen LogP contribution in [-0.2, 0) is 13.3 Å².